The lowest BCUT2D eigenvalue weighted by Gasteiger charge is -2.02. The van der Waals surface area contributed by atoms with E-state index < -0.39 is 0 Å². The minimum Gasteiger partial charge on any atom is -0.256 e. The summed E-state index contributed by atoms with van der Waals surface area (Å²) in [6, 6.07) is 16.5. The van der Waals surface area contributed by atoms with Crippen LogP contribution in [0.3, 0.4) is 0 Å². The number of hydrogen-bond acceptors (Lipinski definition) is 4. The van der Waals surface area contributed by atoms with Crippen LogP contribution in [0.1, 0.15) is 21.1 Å². The van der Waals surface area contributed by atoms with Gasteiger partial charge in [0.2, 0.25) is 0 Å². The van der Waals surface area contributed by atoms with Crippen molar-refractivity contribution in [1.82, 2.24) is 9.97 Å². The minimum atomic E-state index is 0.950. The quantitative estimate of drug-likeness (QED) is 0.394. The second kappa shape index (κ2) is 8.04. The molecule has 126 valence electrons. The van der Waals surface area contributed by atoms with Crippen LogP contribution in [-0.4, -0.2) is 9.97 Å². The molecule has 4 heteroatoms. The van der Waals surface area contributed by atoms with Crippen molar-refractivity contribution >= 4 is 47.0 Å². The van der Waals surface area contributed by atoms with E-state index in [2.05, 4.69) is 57.1 Å². The summed E-state index contributed by atoms with van der Waals surface area (Å²) in [5, 5.41) is 4.14. The molecule has 0 aliphatic rings. The average molecular weight is 373 g/mol. The van der Waals surface area contributed by atoms with Crippen LogP contribution in [0.25, 0.3) is 35.4 Å². The Morgan fingerprint density at radius 2 is 1.08 bits per heavy atom. The summed E-state index contributed by atoms with van der Waals surface area (Å²) >= 11 is 3.44. The van der Waals surface area contributed by atoms with Crippen molar-refractivity contribution in [2.24, 2.45) is 0 Å². The maximum atomic E-state index is 4.52. The zero-order valence-electron chi connectivity index (χ0n) is 13.9. The van der Waals surface area contributed by atoms with Gasteiger partial charge in [-0.15, -0.1) is 22.7 Å². The van der Waals surface area contributed by atoms with Crippen LogP contribution >= 0.6 is 22.7 Å². The van der Waals surface area contributed by atoms with Crippen molar-refractivity contribution < 1.29 is 0 Å². The van der Waals surface area contributed by atoms with E-state index in [0.717, 1.165) is 22.5 Å². The van der Waals surface area contributed by atoms with E-state index >= 15 is 0 Å². The molecular weight excluding hydrogens is 356 g/mol. The van der Waals surface area contributed by atoms with E-state index in [1.807, 2.05) is 48.8 Å². The Morgan fingerprint density at radius 1 is 0.577 bits per heavy atom. The Balaban J connectivity index is 1.45. The summed E-state index contributed by atoms with van der Waals surface area (Å²) in [6.07, 6.45) is 12.0. The smallest absolute Gasteiger partial charge is 0.0630 e. The molecule has 0 unspecified atom stereocenters. The molecule has 0 aliphatic heterocycles. The van der Waals surface area contributed by atoms with E-state index in [-0.39, 0.29) is 0 Å². The zero-order chi connectivity index (χ0) is 17.6. The Bertz CT molecular complexity index is 909. The molecule has 0 saturated heterocycles. The van der Waals surface area contributed by atoms with E-state index in [4.69, 9.17) is 0 Å². The Morgan fingerprint density at radius 3 is 1.42 bits per heavy atom. The molecule has 0 amide bonds. The fourth-order valence-corrected chi connectivity index (χ4v) is 3.69. The van der Waals surface area contributed by atoms with Gasteiger partial charge in [-0.1, -0.05) is 24.3 Å². The molecule has 4 aromatic heterocycles. The third kappa shape index (κ3) is 4.23. The van der Waals surface area contributed by atoms with E-state index in [1.165, 1.54) is 9.75 Å². The molecule has 0 N–H and O–H groups in total. The molecule has 0 saturated carbocycles. The highest BCUT2D eigenvalue weighted by Crippen LogP contribution is 2.20. The van der Waals surface area contributed by atoms with E-state index in [0.29, 0.717) is 0 Å². The number of rotatable bonds is 5. The fourth-order valence-electron chi connectivity index (χ4n) is 2.46. The zero-order valence-corrected chi connectivity index (χ0v) is 15.6. The summed E-state index contributed by atoms with van der Waals surface area (Å²) in [4.78, 5) is 11.5. The lowest BCUT2D eigenvalue weighted by Crippen LogP contribution is -1.86. The molecule has 4 aromatic rings. The molecule has 0 atom stereocenters. The number of pyridine rings is 2. The van der Waals surface area contributed by atoms with Crippen molar-refractivity contribution in [2.45, 2.75) is 0 Å². The molecule has 26 heavy (non-hydrogen) atoms. The van der Waals surface area contributed by atoms with Gasteiger partial charge in [0.15, 0.2) is 0 Å². The van der Waals surface area contributed by atoms with Gasteiger partial charge in [0, 0.05) is 33.3 Å². The first-order chi connectivity index (χ1) is 12.9. The van der Waals surface area contributed by atoms with Crippen molar-refractivity contribution in [2.75, 3.05) is 0 Å². The standard InChI is InChI=1S/C22H16N2S2/c1-3-21(25-13-1)11-9-19-7-5-17(15-23-19)18-6-8-20(24-16-18)10-12-22-4-2-14-26-22/h1-16H/b11-9+,12-10+. The molecular formula is C22H16N2S2. The minimum absolute atomic E-state index is 0.950. The topological polar surface area (TPSA) is 25.8 Å². The second-order valence-corrected chi connectivity index (χ2v) is 7.60. The van der Waals surface area contributed by atoms with Gasteiger partial charge in [0.25, 0.3) is 0 Å². The second-order valence-electron chi connectivity index (χ2n) is 5.64. The number of hydrogen-bond donors (Lipinski definition) is 0. The van der Waals surface area contributed by atoms with E-state index in [9.17, 15) is 0 Å². The van der Waals surface area contributed by atoms with Gasteiger partial charge in [-0.3, -0.25) is 9.97 Å². The van der Waals surface area contributed by atoms with Crippen molar-refractivity contribution in [3.8, 4) is 11.1 Å². The first kappa shape index (κ1) is 16.6. The van der Waals surface area contributed by atoms with E-state index in [1.54, 1.807) is 22.7 Å². The normalized spacial score (nSPS) is 11.5. The van der Waals surface area contributed by atoms with Crippen LogP contribution < -0.4 is 0 Å². The lowest BCUT2D eigenvalue weighted by molar-refractivity contribution is 1.27. The highest BCUT2D eigenvalue weighted by atomic mass is 32.1. The van der Waals surface area contributed by atoms with Crippen molar-refractivity contribution in [3.63, 3.8) is 0 Å². The van der Waals surface area contributed by atoms with Crippen LogP contribution in [0.4, 0.5) is 0 Å². The van der Waals surface area contributed by atoms with Crippen molar-refractivity contribution in [3.05, 3.63) is 92.8 Å². The number of aromatic nitrogens is 2. The van der Waals surface area contributed by atoms with Crippen LogP contribution in [0.2, 0.25) is 0 Å². The largest absolute Gasteiger partial charge is 0.256 e. The van der Waals surface area contributed by atoms with Crippen LogP contribution in [0.5, 0.6) is 0 Å². The molecule has 0 radical (unpaired) electrons. The number of thiophene rings is 2. The third-order valence-corrected chi connectivity index (χ3v) is 5.50. The van der Waals surface area contributed by atoms with Gasteiger partial charge in [-0.25, -0.2) is 0 Å². The average Bonchev–Trinajstić information content (AvgIpc) is 3.40. The first-order valence-electron chi connectivity index (χ1n) is 8.22. The molecule has 0 spiro atoms. The van der Waals surface area contributed by atoms with Gasteiger partial charge < -0.3 is 0 Å². The molecule has 2 nitrogen and oxygen atoms in total. The maximum absolute atomic E-state index is 4.52. The maximum Gasteiger partial charge on any atom is 0.0630 e. The molecule has 0 aromatic carbocycles. The Kier molecular flexibility index (Phi) is 5.14. The predicted molar refractivity (Wildman–Crippen MR) is 114 cm³/mol. The number of nitrogens with zero attached hydrogens (tertiary/aromatic N) is 2. The summed E-state index contributed by atoms with van der Waals surface area (Å²) in [6.45, 7) is 0. The molecule has 0 aliphatic carbocycles. The molecule has 4 rings (SSSR count). The highest BCUT2D eigenvalue weighted by Gasteiger charge is 1.99. The fraction of sp³-hybridized carbons (Fsp3) is 0. The third-order valence-electron chi connectivity index (χ3n) is 3.83. The monoisotopic (exact) mass is 372 g/mol. The van der Waals surface area contributed by atoms with Gasteiger partial charge >= 0.3 is 0 Å². The molecule has 4 heterocycles. The molecule has 0 fully saturated rings. The Hall–Kier alpha value is -2.82. The van der Waals surface area contributed by atoms with Crippen LogP contribution in [0, 0.1) is 0 Å². The summed E-state index contributed by atoms with van der Waals surface area (Å²) in [5.74, 6) is 0. The van der Waals surface area contributed by atoms with Crippen molar-refractivity contribution in [1.29, 1.82) is 0 Å². The van der Waals surface area contributed by atoms with Gasteiger partial charge in [-0.2, -0.15) is 0 Å². The predicted octanol–water partition coefficient (Wildman–Crippen LogP) is 6.61. The summed E-state index contributed by atoms with van der Waals surface area (Å²) in [7, 11) is 0. The van der Waals surface area contributed by atoms with Gasteiger partial charge in [0.05, 0.1) is 11.4 Å². The SMILES string of the molecule is C(=C\c1cccs1)/c1ccc(-c2ccc(/C=C/c3cccs3)nc2)cn1. The molecule has 0 bridgehead atoms. The van der Waals surface area contributed by atoms with Crippen LogP contribution in [0.15, 0.2) is 71.7 Å². The lowest BCUT2D eigenvalue weighted by atomic mass is 10.1. The van der Waals surface area contributed by atoms with Gasteiger partial charge in [0.1, 0.15) is 0 Å². The van der Waals surface area contributed by atoms with Crippen LogP contribution in [-0.2, 0) is 0 Å². The highest BCUT2D eigenvalue weighted by molar-refractivity contribution is 7.11. The summed E-state index contributed by atoms with van der Waals surface area (Å²) in [5.41, 5.74) is 4.04. The Labute approximate surface area is 160 Å². The first-order valence-corrected chi connectivity index (χ1v) is 9.98. The van der Waals surface area contributed by atoms with Gasteiger partial charge in [-0.05, 0) is 59.3 Å². The summed E-state index contributed by atoms with van der Waals surface area (Å²) < 4.78 is 0.